The van der Waals surface area contributed by atoms with Gasteiger partial charge in [0, 0.05) is 0 Å². The molecule has 2 N–H and O–H groups in total. The van der Waals surface area contributed by atoms with E-state index in [1.165, 1.54) is 12.8 Å². The second kappa shape index (κ2) is 2.62. The first-order chi connectivity index (χ1) is 5.42. The van der Waals surface area contributed by atoms with E-state index in [0.29, 0.717) is 6.04 Å². The molecule has 0 aliphatic heterocycles. The maximum atomic E-state index is 4.12. The number of nitrogens with zero attached hydrogens (tertiary/aromatic N) is 2. The van der Waals surface area contributed by atoms with Crippen molar-refractivity contribution < 1.29 is 0 Å². The molecule has 1 fully saturated rings. The predicted molar refractivity (Wildman–Crippen MR) is 40.9 cm³/mol. The Morgan fingerprint density at radius 1 is 1.73 bits per heavy atom. The molecule has 11 heavy (non-hydrogen) atoms. The Kier molecular flexibility index (Phi) is 1.62. The number of aromatic nitrogens is 3. The minimum absolute atomic E-state index is 0.387. The van der Waals surface area contributed by atoms with Crippen molar-refractivity contribution in [3.8, 4) is 0 Å². The Balaban J connectivity index is 2.11. The lowest BCUT2D eigenvalue weighted by Crippen LogP contribution is -2.19. The predicted octanol–water partition coefficient (Wildman–Crippen LogP) is 0.475. The molecule has 1 saturated carbocycles. The topological polar surface area (TPSA) is 53.6 Å². The first-order valence-corrected chi connectivity index (χ1v) is 3.94. The second-order valence-electron chi connectivity index (χ2n) is 2.97. The number of nitrogens with one attached hydrogen (secondary N) is 2. The molecule has 0 spiro atoms. The summed E-state index contributed by atoms with van der Waals surface area (Å²) in [5, 5.41) is 9.94. The molecule has 4 heteroatoms. The fraction of sp³-hybridized carbons (Fsp3) is 0.714. The van der Waals surface area contributed by atoms with E-state index in [0.717, 1.165) is 11.7 Å². The van der Waals surface area contributed by atoms with Crippen LogP contribution in [-0.2, 0) is 0 Å². The lowest BCUT2D eigenvalue weighted by molar-refractivity contribution is 0.502. The van der Waals surface area contributed by atoms with Gasteiger partial charge in [0.1, 0.15) is 12.2 Å². The van der Waals surface area contributed by atoms with Gasteiger partial charge in [0.15, 0.2) is 0 Å². The maximum Gasteiger partial charge on any atom is 0.141 e. The van der Waals surface area contributed by atoms with Gasteiger partial charge >= 0.3 is 0 Å². The Hall–Kier alpha value is -0.900. The molecule has 1 unspecified atom stereocenters. The first kappa shape index (κ1) is 6.79. The standard InChI is InChI=1S/C7H12N4/c1-8-6(5-2-3-5)7-9-4-10-11-7/h4-6,8H,2-3H2,1H3,(H,9,10,11). The van der Waals surface area contributed by atoms with Gasteiger partial charge in [-0.3, -0.25) is 5.10 Å². The zero-order valence-electron chi connectivity index (χ0n) is 6.54. The maximum absolute atomic E-state index is 4.12. The molecule has 0 bridgehead atoms. The summed E-state index contributed by atoms with van der Waals surface area (Å²) in [6, 6.07) is 0.387. The molecular formula is C7H12N4. The van der Waals surface area contributed by atoms with Crippen molar-refractivity contribution in [2.24, 2.45) is 5.92 Å². The van der Waals surface area contributed by atoms with E-state index in [1.54, 1.807) is 6.33 Å². The number of hydrogen-bond acceptors (Lipinski definition) is 3. The largest absolute Gasteiger partial charge is 0.310 e. The van der Waals surface area contributed by atoms with E-state index in [1.807, 2.05) is 7.05 Å². The number of aromatic amines is 1. The van der Waals surface area contributed by atoms with Crippen molar-refractivity contribution in [2.75, 3.05) is 7.05 Å². The quantitative estimate of drug-likeness (QED) is 0.662. The molecule has 0 amide bonds. The Labute approximate surface area is 65.4 Å². The normalized spacial score (nSPS) is 20.1. The van der Waals surface area contributed by atoms with Crippen LogP contribution in [0.4, 0.5) is 0 Å². The third-order valence-electron chi connectivity index (χ3n) is 2.13. The Bertz CT molecular complexity index is 214. The highest BCUT2D eigenvalue weighted by Crippen LogP contribution is 2.39. The molecule has 0 saturated heterocycles. The monoisotopic (exact) mass is 152 g/mol. The zero-order chi connectivity index (χ0) is 7.68. The first-order valence-electron chi connectivity index (χ1n) is 3.94. The highest BCUT2D eigenvalue weighted by Gasteiger charge is 2.32. The summed E-state index contributed by atoms with van der Waals surface area (Å²) >= 11 is 0. The van der Waals surface area contributed by atoms with Crippen LogP contribution in [0.25, 0.3) is 0 Å². The van der Waals surface area contributed by atoms with Gasteiger partial charge < -0.3 is 5.32 Å². The van der Waals surface area contributed by atoms with Gasteiger partial charge in [-0.1, -0.05) is 0 Å². The van der Waals surface area contributed by atoms with Gasteiger partial charge in [-0.2, -0.15) is 5.10 Å². The average molecular weight is 152 g/mol. The summed E-state index contributed by atoms with van der Waals surface area (Å²) in [5.41, 5.74) is 0. The van der Waals surface area contributed by atoms with Crippen LogP contribution in [0.1, 0.15) is 24.7 Å². The SMILES string of the molecule is CNC(c1ncn[nH]1)C1CC1. The van der Waals surface area contributed by atoms with Crippen LogP contribution in [0.2, 0.25) is 0 Å². The zero-order valence-corrected chi connectivity index (χ0v) is 6.54. The molecule has 0 radical (unpaired) electrons. The molecule has 1 aromatic rings. The highest BCUT2D eigenvalue weighted by molar-refractivity contribution is 4.99. The minimum atomic E-state index is 0.387. The van der Waals surface area contributed by atoms with E-state index in [4.69, 9.17) is 0 Å². The molecule has 1 atom stereocenters. The van der Waals surface area contributed by atoms with E-state index >= 15 is 0 Å². The third-order valence-corrected chi connectivity index (χ3v) is 2.13. The molecule has 1 aliphatic carbocycles. The van der Waals surface area contributed by atoms with E-state index in [-0.39, 0.29) is 0 Å². The van der Waals surface area contributed by atoms with Gasteiger partial charge in [0.2, 0.25) is 0 Å². The van der Waals surface area contributed by atoms with Gasteiger partial charge in [0.25, 0.3) is 0 Å². The van der Waals surface area contributed by atoms with Crippen LogP contribution in [0.3, 0.4) is 0 Å². The van der Waals surface area contributed by atoms with E-state index < -0.39 is 0 Å². The van der Waals surface area contributed by atoms with Crippen molar-refractivity contribution in [3.63, 3.8) is 0 Å². The molecule has 1 aromatic heterocycles. The van der Waals surface area contributed by atoms with Crippen LogP contribution in [-0.4, -0.2) is 22.2 Å². The number of hydrogen-bond donors (Lipinski definition) is 2. The smallest absolute Gasteiger partial charge is 0.141 e. The van der Waals surface area contributed by atoms with Gasteiger partial charge in [-0.25, -0.2) is 4.98 Å². The molecule has 2 rings (SSSR count). The van der Waals surface area contributed by atoms with Crippen molar-refractivity contribution in [1.82, 2.24) is 20.5 Å². The van der Waals surface area contributed by atoms with E-state index in [2.05, 4.69) is 20.5 Å². The number of H-pyrrole nitrogens is 1. The van der Waals surface area contributed by atoms with Crippen LogP contribution in [0, 0.1) is 5.92 Å². The molecule has 0 aromatic carbocycles. The Morgan fingerprint density at radius 3 is 3.00 bits per heavy atom. The minimum Gasteiger partial charge on any atom is -0.310 e. The molecule has 1 aliphatic rings. The van der Waals surface area contributed by atoms with Crippen LogP contribution in [0.5, 0.6) is 0 Å². The Morgan fingerprint density at radius 2 is 2.55 bits per heavy atom. The van der Waals surface area contributed by atoms with Crippen molar-refractivity contribution >= 4 is 0 Å². The molecule has 1 heterocycles. The van der Waals surface area contributed by atoms with Gasteiger partial charge in [-0.05, 0) is 25.8 Å². The summed E-state index contributed by atoms with van der Waals surface area (Å²) < 4.78 is 0. The molecule has 60 valence electrons. The van der Waals surface area contributed by atoms with Crippen LogP contribution < -0.4 is 5.32 Å². The van der Waals surface area contributed by atoms with Crippen molar-refractivity contribution in [2.45, 2.75) is 18.9 Å². The lowest BCUT2D eigenvalue weighted by atomic mass is 10.2. The fourth-order valence-corrected chi connectivity index (χ4v) is 1.39. The second-order valence-corrected chi connectivity index (χ2v) is 2.97. The van der Waals surface area contributed by atoms with Crippen molar-refractivity contribution in [3.05, 3.63) is 12.2 Å². The third kappa shape index (κ3) is 1.26. The summed E-state index contributed by atoms with van der Waals surface area (Å²) in [4.78, 5) is 4.12. The fourth-order valence-electron chi connectivity index (χ4n) is 1.39. The molecule has 4 nitrogen and oxygen atoms in total. The average Bonchev–Trinajstić information content (AvgIpc) is 2.68. The summed E-state index contributed by atoms with van der Waals surface area (Å²) in [5.74, 6) is 1.74. The van der Waals surface area contributed by atoms with E-state index in [9.17, 15) is 0 Å². The van der Waals surface area contributed by atoms with Crippen LogP contribution >= 0.6 is 0 Å². The van der Waals surface area contributed by atoms with Gasteiger partial charge in [-0.15, -0.1) is 0 Å². The number of rotatable bonds is 3. The van der Waals surface area contributed by atoms with Crippen LogP contribution in [0.15, 0.2) is 6.33 Å². The van der Waals surface area contributed by atoms with Gasteiger partial charge in [0.05, 0.1) is 6.04 Å². The summed E-state index contributed by atoms with van der Waals surface area (Å²) in [7, 11) is 1.96. The summed E-state index contributed by atoms with van der Waals surface area (Å²) in [6.45, 7) is 0. The summed E-state index contributed by atoms with van der Waals surface area (Å²) in [6.07, 6.45) is 4.18. The lowest BCUT2D eigenvalue weighted by Gasteiger charge is -2.10. The van der Waals surface area contributed by atoms with Crippen molar-refractivity contribution in [1.29, 1.82) is 0 Å². The molecular weight excluding hydrogens is 140 g/mol. The highest BCUT2D eigenvalue weighted by atomic mass is 15.2.